The lowest BCUT2D eigenvalue weighted by atomic mass is 9.59. The fourth-order valence-corrected chi connectivity index (χ4v) is 8.46. The maximum Gasteiger partial charge on any atom is 0.0544 e. The van der Waals surface area contributed by atoms with E-state index in [0.29, 0.717) is 0 Å². The minimum absolute atomic E-state index is 0.0428. The van der Waals surface area contributed by atoms with Crippen molar-refractivity contribution in [3.8, 4) is 27.9 Å². The van der Waals surface area contributed by atoms with E-state index < -0.39 is 0 Å². The number of hydrogen-bond acceptors (Lipinski definition) is 0. The Kier molecular flexibility index (Phi) is 5.11. The Morgan fingerprint density at radius 1 is 0.442 bits per heavy atom. The van der Waals surface area contributed by atoms with E-state index in [1.807, 2.05) is 0 Å². The summed E-state index contributed by atoms with van der Waals surface area (Å²) >= 11 is 0. The van der Waals surface area contributed by atoms with Gasteiger partial charge in [-0.05, 0) is 97.2 Å². The Labute approximate surface area is 256 Å². The summed E-state index contributed by atoms with van der Waals surface area (Å²) in [4.78, 5) is 0. The summed E-state index contributed by atoms with van der Waals surface area (Å²) in [6.45, 7) is 19.5. The standard InChI is InChI=1S/C42H41N/c1-39(2)33-17-13-12-16-29(33)30-22-31-32-23-35-36(41(5,6)42(7,8)40(35,3)4)25-38(32)43(37(31)24-34(30)39)28-20-18-27(19-21-28)26-14-10-9-11-15-26/h9-25H,1-8H3. The van der Waals surface area contributed by atoms with E-state index in [4.69, 9.17) is 0 Å². The molecular formula is C42H41N. The van der Waals surface area contributed by atoms with Crippen molar-refractivity contribution in [1.29, 1.82) is 0 Å². The van der Waals surface area contributed by atoms with Crippen molar-refractivity contribution in [2.45, 2.75) is 71.6 Å². The first-order chi connectivity index (χ1) is 20.4. The van der Waals surface area contributed by atoms with Crippen molar-refractivity contribution in [3.63, 3.8) is 0 Å². The highest BCUT2D eigenvalue weighted by atomic mass is 15.0. The predicted molar refractivity (Wildman–Crippen MR) is 184 cm³/mol. The molecule has 2 aliphatic carbocycles. The maximum atomic E-state index is 2.55. The second-order valence-corrected chi connectivity index (χ2v) is 15.1. The molecule has 214 valence electrons. The van der Waals surface area contributed by atoms with Gasteiger partial charge >= 0.3 is 0 Å². The monoisotopic (exact) mass is 559 g/mol. The van der Waals surface area contributed by atoms with Gasteiger partial charge in [0, 0.05) is 21.9 Å². The number of fused-ring (bicyclic) bond motifs is 7. The van der Waals surface area contributed by atoms with Crippen LogP contribution in [-0.2, 0) is 16.2 Å². The highest BCUT2D eigenvalue weighted by Gasteiger charge is 2.57. The molecule has 0 N–H and O–H groups in total. The van der Waals surface area contributed by atoms with E-state index in [0.717, 1.165) is 0 Å². The summed E-state index contributed by atoms with van der Waals surface area (Å²) in [5.74, 6) is 0. The average Bonchev–Trinajstić information content (AvgIpc) is 3.47. The molecule has 0 saturated carbocycles. The molecule has 0 saturated heterocycles. The number of nitrogens with zero attached hydrogens (tertiary/aromatic N) is 1. The van der Waals surface area contributed by atoms with E-state index in [1.54, 1.807) is 0 Å². The minimum atomic E-state index is -0.0473. The van der Waals surface area contributed by atoms with E-state index in [2.05, 4.69) is 163 Å². The third-order valence-electron chi connectivity index (χ3n) is 12.3. The van der Waals surface area contributed by atoms with Crippen molar-refractivity contribution in [2.24, 2.45) is 5.41 Å². The van der Waals surface area contributed by atoms with E-state index in [-0.39, 0.29) is 21.7 Å². The van der Waals surface area contributed by atoms with E-state index in [1.165, 1.54) is 72.0 Å². The Hall–Kier alpha value is -4.10. The molecular weight excluding hydrogens is 518 g/mol. The Morgan fingerprint density at radius 3 is 1.65 bits per heavy atom. The van der Waals surface area contributed by atoms with Crippen LogP contribution in [-0.4, -0.2) is 4.57 Å². The molecule has 1 heterocycles. The van der Waals surface area contributed by atoms with Crippen LogP contribution in [0.2, 0.25) is 0 Å². The summed E-state index contributed by atoms with van der Waals surface area (Å²) in [6.07, 6.45) is 0. The Balaban J connectivity index is 1.47. The van der Waals surface area contributed by atoms with Crippen molar-refractivity contribution in [3.05, 3.63) is 125 Å². The molecule has 0 radical (unpaired) electrons. The zero-order chi connectivity index (χ0) is 30.1. The molecule has 0 aliphatic heterocycles. The SMILES string of the molecule is CC1(C)c2ccccc2-c2cc3c4cc5c(cc4n(-c4ccc(-c6ccccc6)cc4)c3cc21)C(C)(C)C(C)(C)C5(C)C. The quantitative estimate of drug-likeness (QED) is 0.199. The highest BCUT2D eigenvalue weighted by Crippen LogP contribution is 2.62. The molecule has 8 rings (SSSR count). The normalized spacial score (nSPS) is 18.5. The molecule has 0 spiro atoms. The van der Waals surface area contributed by atoms with Crippen LogP contribution in [0.25, 0.3) is 49.7 Å². The molecule has 5 aromatic carbocycles. The molecule has 1 heteroatoms. The molecule has 2 aliphatic rings. The second kappa shape index (κ2) is 8.29. The summed E-state index contributed by atoms with van der Waals surface area (Å²) in [6, 6.07) is 38.9. The Morgan fingerprint density at radius 2 is 0.977 bits per heavy atom. The van der Waals surface area contributed by atoms with Gasteiger partial charge in [0.2, 0.25) is 0 Å². The first-order valence-electron chi connectivity index (χ1n) is 15.8. The molecule has 1 nitrogen and oxygen atoms in total. The highest BCUT2D eigenvalue weighted by molar-refractivity contribution is 6.12. The number of rotatable bonds is 2. The third-order valence-corrected chi connectivity index (χ3v) is 12.3. The fourth-order valence-electron chi connectivity index (χ4n) is 8.46. The zero-order valence-corrected chi connectivity index (χ0v) is 26.8. The Bertz CT molecular complexity index is 2100. The lowest BCUT2D eigenvalue weighted by Crippen LogP contribution is -2.42. The van der Waals surface area contributed by atoms with Gasteiger partial charge in [0.1, 0.15) is 0 Å². The smallest absolute Gasteiger partial charge is 0.0544 e. The summed E-state index contributed by atoms with van der Waals surface area (Å²) in [7, 11) is 0. The molecule has 1 aromatic heterocycles. The summed E-state index contributed by atoms with van der Waals surface area (Å²) in [5.41, 5.74) is 15.0. The van der Waals surface area contributed by atoms with Crippen LogP contribution < -0.4 is 0 Å². The van der Waals surface area contributed by atoms with Crippen molar-refractivity contribution < 1.29 is 0 Å². The van der Waals surface area contributed by atoms with Gasteiger partial charge in [-0.25, -0.2) is 0 Å². The maximum absolute atomic E-state index is 2.55. The molecule has 43 heavy (non-hydrogen) atoms. The zero-order valence-electron chi connectivity index (χ0n) is 26.8. The average molecular weight is 560 g/mol. The summed E-state index contributed by atoms with van der Waals surface area (Å²) < 4.78 is 2.54. The predicted octanol–water partition coefficient (Wildman–Crippen LogP) is 11.4. The van der Waals surface area contributed by atoms with Gasteiger partial charge in [-0.1, -0.05) is 122 Å². The van der Waals surface area contributed by atoms with Crippen LogP contribution in [0.3, 0.4) is 0 Å². The summed E-state index contributed by atoms with van der Waals surface area (Å²) in [5, 5.41) is 2.70. The minimum Gasteiger partial charge on any atom is -0.309 e. The molecule has 0 atom stereocenters. The van der Waals surface area contributed by atoms with Crippen LogP contribution in [0, 0.1) is 5.41 Å². The van der Waals surface area contributed by atoms with Gasteiger partial charge in [0.05, 0.1) is 11.0 Å². The molecule has 0 fully saturated rings. The van der Waals surface area contributed by atoms with Gasteiger partial charge in [-0.3, -0.25) is 0 Å². The second-order valence-electron chi connectivity index (χ2n) is 15.1. The van der Waals surface area contributed by atoms with E-state index >= 15 is 0 Å². The van der Waals surface area contributed by atoms with Crippen LogP contribution in [0.5, 0.6) is 0 Å². The van der Waals surface area contributed by atoms with Gasteiger partial charge in [0.25, 0.3) is 0 Å². The number of hydrogen-bond donors (Lipinski definition) is 0. The molecule has 0 bridgehead atoms. The van der Waals surface area contributed by atoms with Gasteiger partial charge in [-0.2, -0.15) is 0 Å². The van der Waals surface area contributed by atoms with Crippen LogP contribution in [0.4, 0.5) is 0 Å². The lowest BCUT2D eigenvalue weighted by Gasteiger charge is -2.44. The van der Waals surface area contributed by atoms with Crippen molar-refractivity contribution in [2.75, 3.05) is 0 Å². The van der Waals surface area contributed by atoms with Crippen molar-refractivity contribution in [1.82, 2.24) is 4.57 Å². The lowest BCUT2D eigenvalue weighted by molar-refractivity contribution is 0.125. The topological polar surface area (TPSA) is 4.93 Å². The van der Waals surface area contributed by atoms with Gasteiger partial charge in [-0.15, -0.1) is 0 Å². The molecule has 6 aromatic rings. The molecule has 0 amide bonds. The van der Waals surface area contributed by atoms with E-state index in [9.17, 15) is 0 Å². The van der Waals surface area contributed by atoms with Crippen molar-refractivity contribution >= 4 is 21.8 Å². The third kappa shape index (κ3) is 3.23. The van der Waals surface area contributed by atoms with Crippen LogP contribution in [0.1, 0.15) is 77.6 Å². The number of aromatic nitrogens is 1. The first kappa shape index (κ1) is 26.5. The first-order valence-corrected chi connectivity index (χ1v) is 15.8. The van der Waals surface area contributed by atoms with Gasteiger partial charge in [0.15, 0.2) is 0 Å². The van der Waals surface area contributed by atoms with Crippen LogP contribution in [0.15, 0.2) is 103 Å². The number of benzene rings is 5. The van der Waals surface area contributed by atoms with Gasteiger partial charge < -0.3 is 4.57 Å². The largest absolute Gasteiger partial charge is 0.309 e. The molecule has 0 unspecified atom stereocenters. The van der Waals surface area contributed by atoms with Crippen LogP contribution >= 0.6 is 0 Å². The fraction of sp³-hybridized carbons (Fsp3) is 0.286.